The maximum absolute atomic E-state index is 12.3. The summed E-state index contributed by atoms with van der Waals surface area (Å²) in [4.78, 5) is 20.5. The number of nitrogens with one attached hydrogen (secondary N) is 1. The number of hydrogen-bond donors (Lipinski definition) is 4. The Morgan fingerprint density at radius 2 is 1.01 bits per heavy atom. The topological polar surface area (TPSA) is 157 Å². The lowest BCUT2D eigenvalue weighted by molar-refractivity contribution is -0.275. The van der Waals surface area contributed by atoms with Crippen LogP contribution in [0.4, 0.5) is 39.5 Å². The quantitative estimate of drug-likeness (QED) is 0.0820. The van der Waals surface area contributed by atoms with E-state index in [-0.39, 0.29) is 42.4 Å². The lowest BCUT2D eigenvalue weighted by Gasteiger charge is -2.44. The summed E-state index contributed by atoms with van der Waals surface area (Å²) in [6, 6.07) is 18.7. The van der Waals surface area contributed by atoms with Gasteiger partial charge in [0.1, 0.15) is 29.6 Å². The van der Waals surface area contributed by atoms with Crippen molar-refractivity contribution in [3.63, 3.8) is 0 Å². The monoisotopic (exact) mass is 1020 g/mol. The third kappa shape index (κ3) is 21.6. The fourth-order valence-corrected chi connectivity index (χ4v) is 8.32. The summed E-state index contributed by atoms with van der Waals surface area (Å²) in [6.07, 6.45) is -12.7. The summed E-state index contributed by atoms with van der Waals surface area (Å²) >= 11 is 0. The van der Waals surface area contributed by atoms with Gasteiger partial charge in [-0.15, -0.1) is 39.5 Å². The molecule has 3 aromatic carbocycles. The van der Waals surface area contributed by atoms with Gasteiger partial charge < -0.3 is 49.0 Å². The van der Waals surface area contributed by atoms with E-state index in [0.29, 0.717) is 43.1 Å². The van der Waals surface area contributed by atoms with Crippen LogP contribution in [-0.2, 0) is 0 Å². The SMILES string of the molecule is CB(O)N1CCN(C(C#N)c2ccc(OC(F)(F)F)cc2)[C@@H](C)C1.CB(O)N1CCN[C@@H](C)C1.CC[C@@H](c1ccc(OC(F)(F)F)cc1)N1CCN(B(C)O)C[C@@H]1C.O=Cc1ccc(OC(F)(F)F)cc1. The minimum Gasteiger partial charge on any atom is -0.437 e. The van der Waals surface area contributed by atoms with Crippen molar-refractivity contribution in [1.29, 1.82) is 5.26 Å². The number of rotatable bonds is 12. The molecule has 1 unspecified atom stereocenters. The Morgan fingerprint density at radius 3 is 1.34 bits per heavy atom. The highest BCUT2D eigenvalue weighted by Crippen LogP contribution is 2.32. The van der Waals surface area contributed by atoms with Crippen molar-refractivity contribution in [3.8, 4) is 23.3 Å². The van der Waals surface area contributed by atoms with Crippen molar-refractivity contribution >= 4 is 27.4 Å². The minimum atomic E-state index is -4.73. The van der Waals surface area contributed by atoms with Crippen LogP contribution in [0.3, 0.4) is 0 Å². The smallest absolute Gasteiger partial charge is 0.437 e. The first kappa shape index (κ1) is 60.7. The van der Waals surface area contributed by atoms with Gasteiger partial charge in [-0.2, -0.15) is 5.26 Å². The van der Waals surface area contributed by atoms with Gasteiger partial charge in [-0.25, -0.2) is 0 Å². The first-order valence-corrected chi connectivity index (χ1v) is 23.1. The van der Waals surface area contributed by atoms with Crippen molar-refractivity contribution in [2.24, 2.45) is 0 Å². The van der Waals surface area contributed by atoms with Crippen LogP contribution in [0.5, 0.6) is 17.2 Å². The molecule has 5 atom stereocenters. The number of halogens is 9. The van der Waals surface area contributed by atoms with Crippen molar-refractivity contribution in [2.75, 3.05) is 58.9 Å². The number of aldehydes is 1. The van der Waals surface area contributed by atoms with Crippen molar-refractivity contribution < 1.29 is 73.6 Å². The van der Waals surface area contributed by atoms with Crippen molar-refractivity contribution in [2.45, 2.75) is 104 Å². The second-order valence-electron chi connectivity index (χ2n) is 17.3. The number of piperazine rings is 3. The molecule has 71 heavy (non-hydrogen) atoms. The fraction of sp³-hybridized carbons (Fsp3) is 0.556. The third-order valence-corrected chi connectivity index (χ3v) is 11.8. The molecule has 3 aromatic rings. The lowest BCUT2D eigenvalue weighted by Crippen LogP contribution is -2.56. The number of nitrogens with zero attached hydrogens (tertiary/aromatic N) is 6. The molecule has 0 aromatic heterocycles. The molecule has 6 rings (SSSR count). The standard InChI is InChI=1S/C16H24BF3N2O2.C15H19BF3N3O2.C8H5F3O2.C6H15BN2O/c1-4-15(22-10-9-21(17(3)23)11-12(22)2)13-5-7-14(8-6-13)24-16(18,19)20;1-11-10-21(16(2)23)7-8-22(11)14(9-20)12-3-5-13(6-4-12)24-15(17,18)19;9-8(10,11)13-7-3-1-6(5-12)2-4-7;1-6-5-9(7(2)10)4-3-8-6/h5-8,12,15,23H,4,9-11H2,1-3H3;3-6,11,14,23H,7-8,10H2,1-2H3;1-5H;6,8,10H,3-5H2,1-2H3/t12-,15-;11-,14?;;6-/m00.0/s1. The molecule has 3 fully saturated rings. The zero-order valence-electron chi connectivity index (χ0n) is 40.8. The number of carbonyl (C=O) groups is 1. The molecule has 3 saturated heterocycles. The predicted octanol–water partition coefficient (Wildman–Crippen LogP) is 7.21. The van der Waals surface area contributed by atoms with Gasteiger partial charge in [0.05, 0.1) is 6.07 Å². The molecule has 3 aliphatic heterocycles. The Bertz CT molecular complexity index is 2060. The molecule has 4 N–H and O–H groups in total. The normalized spacial score (nSPS) is 20.5. The van der Waals surface area contributed by atoms with Crippen LogP contribution < -0.4 is 19.5 Å². The second kappa shape index (κ2) is 28.0. The van der Waals surface area contributed by atoms with Crippen LogP contribution in [0.15, 0.2) is 72.8 Å². The van der Waals surface area contributed by atoms with Crippen molar-refractivity contribution in [3.05, 3.63) is 89.5 Å². The number of carbonyl (C=O) groups excluding carboxylic acids is 1. The van der Waals surface area contributed by atoms with Gasteiger partial charge in [-0.05, 0) is 107 Å². The van der Waals surface area contributed by atoms with Gasteiger partial charge in [-0.1, -0.05) is 31.2 Å². The van der Waals surface area contributed by atoms with Crippen LogP contribution in [0.25, 0.3) is 0 Å². The summed E-state index contributed by atoms with van der Waals surface area (Å²) in [5.74, 6) is -0.846. The lowest BCUT2D eigenvalue weighted by atomic mass is 9.83. The van der Waals surface area contributed by atoms with Crippen LogP contribution in [0.1, 0.15) is 67.7 Å². The Balaban J connectivity index is 0.000000265. The van der Waals surface area contributed by atoms with Gasteiger partial charge in [0, 0.05) is 88.6 Å². The Kier molecular flexibility index (Phi) is 24.0. The average molecular weight is 1020 g/mol. The predicted molar refractivity (Wildman–Crippen MR) is 252 cm³/mol. The average Bonchev–Trinajstić information content (AvgIpc) is 3.28. The molecule has 0 amide bonds. The molecule has 0 saturated carbocycles. The first-order chi connectivity index (χ1) is 33.1. The number of alkyl halides is 9. The van der Waals surface area contributed by atoms with Crippen molar-refractivity contribution in [1.82, 2.24) is 29.5 Å². The van der Waals surface area contributed by atoms with Gasteiger partial charge in [0.15, 0.2) is 0 Å². The molecular formula is C45H63B3F9N7O7. The van der Waals surface area contributed by atoms with Gasteiger partial charge in [-0.3, -0.25) is 14.6 Å². The highest BCUT2D eigenvalue weighted by atomic mass is 19.4. The van der Waals surface area contributed by atoms with E-state index < -0.39 is 39.2 Å². The van der Waals surface area contributed by atoms with E-state index in [0.717, 1.165) is 63.4 Å². The zero-order valence-corrected chi connectivity index (χ0v) is 40.8. The minimum absolute atomic E-state index is 0.0316. The van der Waals surface area contributed by atoms with Crippen LogP contribution >= 0.6 is 0 Å². The maximum Gasteiger partial charge on any atom is 0.573 e. The van der Waals surface area contributed by atoms with E-state index in [2.05, 4.69) is 56.1 Å². The van der Waals surface area contributed by atoms with E-state index in [9.17, 15) is 64.6 Å². The van der Waals surface area contributed by atoms with Crippen LogP contribution in [0, 0.1) is 11.3 Å². The zero-order chi connectivity index (χ0) is 53.3. The maximum atomic E-state index is 12.3. The van der Waals surface area contributed by atoms with Gasteiger partial charge in [0.2, 0.25) is 0 Å². The van der Waals surface area contributed by atoms with E-state index in [4.69, 9.17) is 0 Å². The number of hydrogen-bond acceptors (Lipinski definition) is 14. The highest BCUT2D eigenvalue weighted by molar-refractivity contribution is 6.45. The molecule has 14 nitrogen and oxygen atoms in total. The number of nitriles is 1. The fourth-order valence-electron chi connectivity index (χ4n) is 8.32. The van der Waals surface area contributed by atoms with E-state index in [1.807, 2.05) is 28.3 Å². The van der Waals surface area contributed by atoms with E-state index in [1.54, 1.807) is 25.8 Å². The Labute approximate surface area is 410 Å². The van der Waals surface area contributed by atoms with Crippen LogP contribution in [-0.4, -0.2) is 163 Å². The molecule has 0 spiro atoms. The summed E-state index contributed by atoms with van der Waals surface area (Å²) in [7, 11) is -1.30. The van der Waals surface area contributed by atoms with Gasteiger partial charge >= 0.3 is 40.2 Å². The second-order valence-corrected chi connectivity index (χ2v) is 17.3. The number of ether oxygens (including phenoxy) is 3. The molecule has 392 valence electrons. The molecular weight excluding hydrogens is 954 g/mol. The molecule has 0 radical (unpaired) electrons. The molecule has 0 bridgehead atoms. The molecule has 3 aliphatic rings. The highest BCUT2D eigenvalue weighted by Gasteiger charge is 2.36. The molecule has 0 aliphatic carbocycles. The summed E-state index contributed by atoms with van der Waals surface area (Å²) < 4.78 is 120. The summed E-state index contributed by atoms with van der Waals surface area (Å²) in [5.41, 5.74) is 1.89. The first-order valence-electron chi connectivity index (χ1n) is 23.1. The Hall–Kier alpha value is -4.58. The molecule has 3 heterocycles. The van der Waals surface area contributed by atoms with E-state index in [1.165, 1.54) is 48.5 Å². The van der Waals surface area contributed by atoms with Crippen LogP contribution in [0.2, 0.25) is 20.5 Å². The largest absolute Gasteiger partial charge is 0.573 e. The van der Waals surface area contributed by atoms with Gasteiger partial charge in [0.25, 0.3) is 0 Å². The Morgan fingerprint density at radius 1 is 0.634 bits per heavy atom. The number of benzene rings is 3. The summed E-state index contributed by atoms with van der Waals surface area (Å²) in [6.45, 7) is 20.6. The molecule has 26 heteroatoms. The third-order valence-electron chi connectivity index (χ3n) is 11.8. The van der Waals surface area contributed by atoms with E-state index >= 15 is 0 Å². The summed E-state index contributed by atoms with van der Waals surface area (Å²) in [5, 5.41) is 41.4.